The van der Waals surface area contributed by atoms with Crippen LogP contribution in [0.5, 0.6) is 0 Å². The van der Waals surface area contributed by atoms with Crippen molar-refractivity contribution in [1.82, 2.24) is 0 Å². The van der Waals surface area contributed by atoms with Gasteiger partial charge in [-0.2, -0.15) is 0 Å². The van der Waals surface area contributed by atoms with E-state index in [1.54, 1.807) is 0 Å². The van der Waals surface area contributed by atoms with Crippen LogP contribution < -0.4 is 0 Å². The van der Waals surface area contributed by atoms with Crippen LogP contribution in [0.1, 0.15) is 39.0 Å². The van der Waals surface area contributed by atoms with Crippen LogP contribution in [0.3, 0.4) is 0 Å². The van der Waals surface area contributed by atoms with Gasteiger partial charge in [0.2, 0.25) is 0 Å². The summed E-state index contributed by atoms with van der Waals surface area (Å²) in [6, 6.07) is 0. The lowest BCUT2D eigenvalue weighted by Crippen LogP contribution is -2.19. The third-order valence-corrected chi connectivity index (χ3v) is 1.84. The van der Waals surface area contributed by atoms with Crippen LogP contribution in [-0.2, 0) is 9.78 Å². The summed E-state index contributed by atoms with van der Waals surface area (Å²) < 4.78 is 0. The van der Waals surface area contributed by atoms with Gasteiger partial charge < -0.3 is 0 Å². The van der Waals surface area contributed by atoms with Crippen molar-refractivity contribution in [3.8, 4) is 0 Å². The van der Waals surface area contributed by atoms with Crippen LogP contribution in [0.15, 0.2) is 0 Å². The lowest BCUT2D eigenvalue weighted by molar-refractivity contribution is -0.345. The van der Waals surface area contributed by atoms with Gasteiger partial charge in [0, 0.05) is 0 Å². The maximum Gasteiger partial charge on any atom is 0.0930 e. The van der Waals surface area contributed by atoms with Gasteiger partial charge in [-0.1, -0.05) is 19.8 Å². The number of hydrogen-bond donors (Lipinski definition) is 0. The third kappa shape index (κ3) is 2.67. The van der Waals surface area contributed by atoms with E-state index < -0.39 is 0 Å². The highest BCUT2D eigenvalue weighted by Crippen LogP contribution is 2.15. The fraction of sp³-hybridized carbons (Fsp3) is 1.00. The summed E-state index contributed by atoms with van der Waals surface area (Å²) in [5.41, 5.74) is 0. The molecule has 0 aromatic heterocycles. The van der Waals surface area contributed by atoms with Crippen LogP contribution in [0.25, 0.3) is 0 Å². The molecule has 2 nitrogen and oxygen atoms in total. The largest absolute Gasteiger partial charge is 0.236 e. The zero-order chi connectivity index (χ0) is 7.23. The van der Waals surface area contributed by atoms with Crippen molar-refractivity contribution in [2.24, 2.45) is 0 Å². The Morgan fingerprint density at radius 3 is 3.00 bits per heavy atom. The predicted molar refractivity (Wildman–Crippen MR) is 39.6 cm³/mol. The molecular formula is C8H16O2. The Balaban J connectivity index is 2.02. The first kappa shape index (κ1) is 8.02. The molecule has 1 heterocycles. The Bertz CT molecular complexity index is 77.3. The summed E-state index contributed by atoms with van der Waals surface area (Å²) in [7, 11) is 0. The van der Waals surface area contributed by atoms with E-state index in [4.69, 9.17) is 9.78 Å². The van der Waals surface area contributed by atoms with E-state index in [1.165, 1.54) is 19.3 Å². The van der Waals surface area contributed by atoms with Crippen molar-refractivity contribution < 1.29 is 9.78 Å². The Hall–Kier alpha value is -0.0800. The first-order valence-corrected chi connectivity index (χ1v) is 4.21. The summed E-state index contributed by atoms with van der Waals surface area (Å²) in [5.74, 6) is 0. The van der Waals surface area contributed by atoms with E-state index >= 15 is 0 Å². The first-order chi connectivity index (χ1) is 4.93. The van der Waals surface area contributed by atoms with Crippen LogP contribution >= 0.6 is 0 Å². The quantitative estimate of drug-likeness (QED) is 0.566. The monoisotopic (exact) mass is 144 g/mol. The minimum absolute atomic E-state index is 0.383. The van der Waals surface area contributed by atoms with Gasteiger partial charge in [-0.05, 0) is 19.3 Å². The van der Waals surface area contributed by atoms with Crippen molar-refractivity contribution in [1.29, 1.82) is 0 Å². The predicted octanol–water partition coefficient (Wildman–Crippen LogP) is 2.29. The van der Waals surface area contributed by atoms with Crippen molar-refractivity contribution in [2.45, 2.75) is 45.1 Å². The molecule has 1 unspecified atom stereocenters. The minimum atomic E-state index is 0.383. The fourth-order valence-electron chi connectivity index (χ4n) is 1.19. The molecule has 1 saturated heterocycles. The van der Waals surface area contributed by atoms with Gasteiger partial charge in [-0.15, -0.1) is 0 Å². The van der Waals surface area contributed by atoms with Gasteiger partial charge in [-0.25, -0.2) is 9.78 Å². The van der Waals surface area contributed by atoms with E-state index in [1.807, 2.05) is 0 Å². The Morgan fingerprint density at radius 1 is 1.50 bits per heavy atom. The van der Waals surface area contributed by atoms with Gasteiger partial charge in [0.15, 0.2) is 0 Å². The van der Waals surface area contributed by atoms with Crippen molar-refractivity contribution in [3.63, 3.8) is 0 Å². The number of rotatable bonds is 3. The van der Waals surface area contributed by atoms with Gasteiger partial charge >= 0.3 is 0 Å². The standard InChI is InChI=1S/C8H16O2/c1-2-3-5-8-6-4-7-9-10-8/h8H,2-7H2,1H3. The maximum atomic E-state index is 5.08. The van der Waals surface area contributed by atoms with Gasteiger partial charge in [0.1, 0.15) is 0 Å². The van der Waals surface area contributed by atoms with E-state index in [0.29, 0.717) is 6.10 Å². The summed E-state index contributed by atoms with van der Waals surface area (Å²) in [4.78, 5) is 9.96. The summed E-state index contributed by atoms with van der Waals surface area (Å²) >= 11 is 0. The minimum Gasteiger partial charge on any atom is -0.236 e. The highest BCUT2D eigenvalue weighted by molar-refractivity contribution is 4.58. The normalized spacial score (nSPS) is 26.7. The van der Waals surface area contributed by atoms with Crippen LogP contribution in [0.2, 0.25) is 0 Å². The van der Waals surface area contributed by atoms with Crippen LogP contribution in [0, 0.1) is 0 Å². The van der Waals surface area contributed by atoms with E-state index in [9.17, 15) is 0 Å². The molecule has 60 valence electrons. The summed E-state index contributed by atoms with van der Waals surface area (Å²) in [6.07, 6.45) is 6.40. The molecule has 10 heavy (non-hydrogen) atoms. The maximum absolute atomic E-state index is 5.08. The molecule has 1 aliphatic heterocycles. The average molecular weight is 144 g/mol. The highest BCUT2D eigenvalue weighted by atomic mass is 17.2. The van der Waals surface area contributed by atoms with Crippen molar-refractivity contribution in [3.05, 3.63) is 0 Å². The topological polar surface area (TPSA) is 18.5 Å². The summed E-state index contributed by atoms with van der Waals surface area (Å²) in [5, 5.41) is 0. The van der Waals surface area contributed by atoms with Crippen molar-refractivity contribution in [2.75, 3.05) is 6.61 Å². The molecule has 1 aliphatic rings. The second kappa shape index (κ2) is 4.69. The highest BCUT2D eigenvalue weighted by Gasteiger charge is 2.13. The number of hydrogen-bond acceptors (Lipinski definition) is 2. The summed E-state index contributed by atoms with van der Waals surface area (Å²) in [6.45, 7) is 2.98. The Labute approximate surface area is 62.4 Å². The van der Waals surface area contributed by atoms with Gasteiger partial charge in [-0.3, -0.25) is 0 Å². The molecular weight excluding hydrogens is 128 g/mol. The molecule has 0 amide bonds. The second-order valence-electron chi connectivity index (χ2n) is 2.82. The molecule has 0 saturated carbocycles. The molecule has 0 radical (unpaired) electrons. The molecule has 1 rings (SSSR count). The van der Waals surface area contributed by atoms with E-state index in [2.05, 4.69) is 6.92 Å². The molecule has 0 aromatic rings. The smallest absolute Gasteiger partial charge is 0.0930 e. The molecule has 1 fully saturated rings. The average Bonchev–Trinajstić information content (AvgIpc) is 2.03. The first-order valence-electron chi connectivity index (χ1n) is 4.21. The molecule has 0 aliphatic carbocycles. The molecule has 0 spiro atoms. The molecule has 0 aromatic carbocycles. The molecule has 2 heteroatoms. The fourth-order valence-corrected chi connectivity index (χ4v) is 1.19. The van der Waals surface area contributed by atoms with Crippen LogP contribution in [-0.4, -0.2) is 12.7 Å². The van der Waals surface area contributed by atoms with Crippen LogP contribution in [0.4, 0.5) is 0 Å². The van der Waals surface area contributed by atoms with Crippen molar-refractivity contribution >= 4 is 0 Å². The third-order valence-electron chi connectivity index (χ3n) is 1.84. The SMILES string of the molecule is CCCCC1CCCOO1. The van der Waals surface area contributed by atoms with Gasteiger partial charge in [0.25, 0.3) is 0 Å². The molecule has 1 atom stereocenters. The zero-order valence-corrected chi connectivity index (χ0v) is 6.64. The lowest BCUT2D eigenvalue weighted by atomic mass is 10.1. The molecule has 0 bridgehead atoms. The Kier molecular flexibility index (Phi) is 3.76. The second-order valence-corrected chi connectivity index (χ2v) is 2.82. The van der Waals surface area contributed by atoms with E-state index in [0.717, 1.165) is 19.4 Å². The van der Waals surface area contributed by atoms with Gasteiger partial charge in [0.05, 0.1) is 12.7 Å². The lowest BCUT2D eigenvalue weighted by Gasteiger charge is -2.20. The Morgan fingerprint density at radius 2 is 2.40 bits per heavy atom. The molecule has 0 N–H and O–H groups in total. The zero-order valence-electron chi connectivity index (χ0n) is 6.64. The van der Waals surface area contributed by atoms with E-state index in [-0.39, 0.29) is 0 Å². The number of unbranched alkanes of at least 4 members (excludes halogenated alkanes) is 1.